The summed E-state index contributed by atoms with van der Waals surface area (Å²) in [6.45, 7) is 12.5. The first-order chi connectivity index (χ1) is 17.9. The zero-order chi connectivity index (χ0) is 25.6. The van der Waals surface area contributed by atoms with E-state index in [0.717, 1.165) is 90.0 Å². The van der Waals surface area contributed by atoms with Gasteiger partial charge in [-0.15, -0.1) is 0 Å². The van der Waals surface area contributed by atoms with E-state index in [1.165, 1.54) is 11.3 Å². The molecule has 0 amide bonds. The highest BCUT2D eigenvalue weighted by atomic mass is 16.5. The summed E-state index contributed by atoms with van der Waals surface area (Å²) in [6, 6.07) is 8.56. The Hall–Kier alpha value is -3.52. The van der Waals surface area contributed by atoms with Gasteiger partial charge in [0.2, 0.25) is 0 Å². The zero-order valence-electron chi connectivity index (χ0n) is 22.2. The Morgan fingerprint density at radius 1 is 1.14 bits per heavy atom. The standard InChI is InChI=1S/C29H35N7O/c1-5-30-16-26-34-23-8-9-29(3,4)14-22(23)28(35-26)36-10-11-37-25-7-6-19(12-21(25)17-36)20-13-24-27(31-15-20)33-18(2)32-24/h6-7,12-13,15,30H,5,8-11,14,16-17H2,1-4H3,(H,31,32,33). The van der Waals surface area contributed by atoms with Gasteiger partial charge in [-0.25, -0.2) is 19.9 Å². The normalized spacial score (nSPS) is 16.7. The van der Waals surface area contributed by atoms with Crippen molar-refractivity contribution in [3.05, 3.63) is 58.9 Å². The van der Waals surface area contributed by atoms with Gasteiger partial charge in [0.05, 0.1) is 18.6 Å². The van der Waals surface area contributed by atoms with E-state index in [9.17, 15) is 0 Å². The van der Waals surface area contributed by atoms with Crippen LogP contribution in [0.5, 0.6) is 5.75 Å². The third-order valence-corrected chi connectivity index (χ3v) is 7.47. The maximum absolute atomic E-state index is 6.22. The van der Waals surface area contributed by atoms with Gasteiger partial charge in [0, 0.05) is 35.1 Å². The van der Waals surface area contributed by atoms with Crippen molar-refractivity contribution in [2.45, 2.75) is 60.0 Å². The summed E-state index contributed by atoms with van der Waals surface area (Å²) in [5.41, 5.74) is 7.80. The number of rotatable bonds is 5. The van der Waals surface area contributed by atoms with Gasteiger partial charge >= 0.3 is 0 Å². The lowest BCUT2D eigenvalue weighted by Crippen LogP contribution is -2.32. The van der Waals surface area contributed by atoms with Gasteiger partial charge in [-0.05, 0) is 61.9 Å². The van der Waals surface area contributed by atoms with Crippen molar-refractivity contribution >= 4 is 17.0 Å². The first-order valence-electron chi connectivity index (χ1n) is 13.3. The predicted octanol–water partition coefficient (Wildman–Crippen LogP) is 4.75. The molecule has 1 aliphatic carbocycles. The molecule has 1 aromatic carbocycles. The Morgan fingerprint density at radius 2 is 2.03 bits per heavy atom. The van der Waals surface area contributed by atoms with Crippen molar-refractivity contribution in [2.24, 2.45) is 5.41 Å². The number of aromatic amines is 1. The predicted molar refractivity (Wildman–Crippen MR) is 146 cm³/mol. The number of aromatic nitrogens is 5. The Kier molecular flexibility index (Phi) is 6.07. The Morgan fingerprint density at radius 3 is 2.89 bits per heavy atom. The number of aryl methyl sites for hydroxylation is 2. The van der Waals surface area contributed by atoms with Crippen LogP contribution in [0.15, 0.2) is 30.5 Å². The molecule has 0 saturated carbocycles. The quantitative estimate of drug-likeness (QED) is 0.411. The maximum Gasteiger partial charge on any atom is 0.177 e. The number of hydrogen-bond donors (Lipinski definition) is 2. The highest BCUT2D eigenvalue weighted by Gasteiger charge is 2.31. The Bertz CT molecular complexity index is 1460. The van der Waals surface area contributed by atoms with Gasteiger partial charge in [-0.3, -0.25) is 0 Å². The largest absolute Gasteiger partial charge is 0.491 e. The van der Waals surface area contributed by atoms with E-state index in [1.54, 1.807) is 0 Å². The van der Waals surface area contributed by atoms with E-state index in [4.69, 9.17) is 14.7 Å². The molecular weight excluding hydrogens is 462 g/mol. The molecule has 37 heavy (non-hydrogen) atoms. The van der Waals surface area contributed by atoms with Crippen LogP contribution in [0.3, 0.4) is 0 Å². The van der Waals surface area contributed by atoms with E-state index in [0.29, 0.717) is 13.2 Å². The van der Waals surface area contributed by atoms with E-state index in [-0.39, 0.29) is 5.41 Å². The Balaban J connectivity index is 1.37. The number of H-pyrrole nitrogens is 1. The van der Waals surface area contributed by atoms with Crippen LogP contribution in [-0.4, -0.2) is 44.6 Å². The van der Waals surface area contributed by atoms with Gasteiger partial charge in [-0.2, -0.15) is 0 Å². The summed E-state index contributed by atoms with van der Waals surface area (Å²) in [4.78, 5) is 24.8. The van der Waals surface area contributed by atoms with Crippen LogP contribution in [0.4, 0.5) is 5.82 Å². The van der Waals surface area contributed by atoms with E-state index in [2.05, 4.69) is 70.2 Å². The second-order valence-corrected chi connectivity index (χ2v) is 11.0. The summed E-state index contributed by atoms with van der Waals surface area (Å²) in [7, 11) is 0. The number of imidazole rings is 1. The van der Waals surface area contributed by atoms with Gasteiger partial charge < -0.3 is 19.9 Å². The first-order valence-corrected chi connectivity index (χ1v) is 13.3. The number of nitrogens with zero attached hydrogens (tertiary/aromatic N) is 5. The molecule has 8 heteroatoms. The molecule has 6 rings (SSSR count). The SMILES string of the molecule is CCNCc1nc2c(c(N3CCOc4ccc(-c5cnc6nc(C)[nH]c6c5)cc4C3)n1)CC(C)(C)CC2. The van der Waals surface area contributed by atoms with Crippen LogP contribution in [0.1, 0.15) is 55.7 Å². The lowest BCUT2D eigenvalue weighted by atomic mass is 9.76. The molecular formula is C29H35N7O. The van der Waals surface area contributed by atoms with Crippen molar-refractivity contribution < 1.29 is 4.74 Å². The van der Waals surface area contributed by atoms with Crippen LogP contribution in [0.2, 0.25) is 0 Å². The van der Waals surface area contributed by atoms with E-state index >= 15 is 0 Å². The lowest BCUT2D eigenvalue weighted by Gasteiger charge is -2.34. The molecule has 0 bridgehead atoms. The number of anilines is 1. The minimum absolute atomic E-state index is 0.248. The van der Waals surface area contributed by atoms with Gasteiger partial charge in [-0.1, -0.05) is 26.8 Å². The molecule has 0 unspecified atom stereocenters. The minimum Gasteiger partial charge on any atom is -0.491 e. The molecule has 4 aromatic rings. The number of benzene rings is 1. The number of ether oxygens (including phenoxy) is 1. The smallest absolute Gasteiger partial charge is 0.177 e. The maximum atomic E-state index is 6.22. The first kappa shape index (κ1) is 23.9. The summed E-state index contributed by atoms with van der Waals surface area (Å²) in [6.07, 6.45) is 5.06. The molecule has 0 saturated heterocycles. The average molecular weight is 498 g/mol. The van der Waals surface area contributed by atoms with E-state index < -0.39 is 0 Å². The summed E-state index contributed by atoms with van der Waals surface area (Å²) < 4.78 is 6.22. The van der Waals surface area contributed by atoms with Crippen LogP contribution in [-0.2, 0) is 25.9 Å². The van der Waals surface area contributed by atoms with Crippen molar-refractivity contribution in [1.82, 2.24) is 30.2 Å². The van der Waals surface area contributed by atoms with Gasteiger partial charge in [0.25, 0.3) is 0 Å². The zero-order valence-corrected chi connectivity index (χ0v) is 22.2. The number of hydrogen-bond acceptors (Lipinski definition) is 7. The fourth-order valence-electron chi connectivity index (χ4n) is 5.49. The monoisotopic (exact) mass is 497 g/mol. The third-order valence-electron chi connectivity index (χ3n) is 7.47. The number of nitrogens with one attached hydrogen (secondary N) is 2. The topological polar surface area (TPSA) is 91.9 Å². The van der Waals surface area contributed by atoms with E-state index in [1.807, 2.05) is 13.1 Å². The van der Waals surface area contributed by atoms with Crippen molar-refractivity contribution in [1.29, 1.82) is 0 Å². The van der Waals surface area contributed by atoms with Crippen LogP contribution in [0, 0.1) is 12.3 Å². The minimum atomic E-state index is 0.248. The summed E-state index contributed by atoms with van der Waals surface area (Å²) in [5.74, 6) is 3.76. The molecule has 4 heterocycles. The molecule has 0 fully saturated rings. The summed E-state index contributed by atoms with van der Waals surface area (Å²) in [5, 5.41) is 3.40. The fraction of sp³-hybridized carbons (Fsp3) is 0.448. The molecule has 1 aliphatic heterocycles. The molecule has 2 N–H and O–H groups in total. The van der Waals surface area contributed by atoms with Crippen molar-refractivity contribution in [3.8, 4) is 16.9 Å². The van der Waals surface area contributed by atoms with Crippen molar-refractivity contribution in [2.75, 3.05) is 24.6 Å². The molecule has 0 atom stereocenters. The second-order valence-electron chi connectivity index (χ2n) is 11.0. The lowest BCUT2D eigenvalue weighted by molar-refractivity contribution is 0.310. The van der Waals surface area contributed by atoms with Gasteiger partial charge in [0.15, 0.2) is 5.65 Å². The highest BCUT2D eigenvalue weighted by Crippen LogP contribution is 2.39. The van der Waals surface area contributed by atoms with Crippen molar-refractivity contribution in [3.63, 3.8) is 0 Å². The van der Waals surface area contributed by atoms with Crippen LogP contribution >= 0.6 is 0 Å². The van der Waals surface area contributed by atoms with Crippen LogP contribution in [0.25, 0.3) is 22.3 Å². The highest BCUT2D eigenvalue weighted by molar-refractivity contribution is 5.78. The fourth-order valence-corrected chi connectivity index (χ4v) is 5.49. The molecule has 0 radical (unpaired) electrons. The van der Waals surface area contributed by atoms with Gasteiger partial charge in [0.1, 0.15) is 29.8 Å². The van der Waals surface area contributed by atoms with Crippen LogP contribution < -0.4 is 15.0 Å². The number of fused-ring (bicyclic) bond motifs is 3. The third kappa shape index (κ3) is 4.78. The molecule has 8 nitrogen and oxygen atoms in total. The molecule has 3 aromatic heterocycles. The molecule has 0 spiro atoms. The number of pyridine rings is 1. The summed E-state index contributed by atoms with van der Waals surface area (Å²) >= 11 is 0. The Labute approximate surface area is 217 Å². The molecule has 2 aliphatic rings. The second kappa shape index (κ2) is 9.41. The molecule has 192 valence electrons. The average Bonchev–Trinajstić information content (AvgIpc) is 3.12.